The van der Waals surface area contributed by atoms with Crippen molar-refractivity contribution < 1.29 is 98.0 Å². The van der Waals surface area contributed by atoms with Gasteiger partial charge in [-0.05, 0) is 0 Å². The van der Waals surface area contributed by atoms with Gasteiger partial charge in [-0.2, -0.15) is 0 Å². The van der Waals surface area contributed by atoms with Gasteiger partial charge in [0.25, 0.3) is 0 Å². The molecule has 0 aliphatic heterocycles. The molecule has 0 aromatic carbocycles. The van der Waals surface area contributed by atoms with E-state index in [4.69, 9.17) is 14.1 Å². The molecule has 9 heteroatoms. The van der Waals surface area contributed by atoms with E-state index in [1.54, 1.807) is 0 Å². The summed E-state index contributed by atoms with van der Waals surface area (Å²) in [5, 5.41) is 0. The van der Waals surface area contributed by atoms with E-state index in [-0.39, 0.29) is 107 Å². The Morgan fingerprint density at radius 2 is 1.00 bits per heavy atom. The molecule has 0 saturated carbocycles. The van der Waals surface area contributed by atoms with Crippen LogP contribution in [0.2, 0.25) is 0 Å². The van der Waals surface area contributed by atoms with Crippen molar-refractivity contribution in [2.45, 2.75) is 0 Å². The molecular formula is Cl2MgNa2O3Si. The molecule has 0 spiro atoms. The Morgan fingerprint density at radius 1 is 1.00 bits per heavy atom. The van der Waals surface area contributed by atoms with Crippen LogP contribution in [-0.2, 0) is 4.46 Å². The summed E-state index contributed by atoms with van der Waals surface area (Å²) in [7, 11) is -3.63. The minimum atomic E-state index is -3.63. The van der Waals surface area contributed by atoms with E-state index in [2.05, 4.69) is 0 Å². The second kappa shape index (κ2) is 30.6. The molecule has 0 N–H and O–H groups in total. The van der Waals surface area contributed by atoms with Crippen molar-refractivity contribution in [1.29, 1.82) is 0 Å². The van der Waals surface area contributed by atoms with E-state index in [0.717, 1.165) is 0 Å². The van der Waals surface area contributed by atoms with E-state index < -0.39 is 9.17 Å². The van der Waals surface area contributed by atoms with Crippen molar-refractivity contribution in [3.05, 3.63) is 0 Å². The SMILES string of the molecule is O=[Si]([O-])[O-].[Cl-].[Cl-].[Mg+2].[Na+].[Na+]. The molecule has 0 atom stereocenters. The first-order valence-electron chi connectivity index (χ1n) is 0.612. The normalized spacial score (nSPS) is 2.67. The topological polar surface area (TPSA) is 63.2 Å². The van der Waals surface area contributed by atoms with Crippen molar-refractivity contribution in [3.63, 3.8) is 0 Å². The smallest absolute Gasteiger partial charge is 1.00 e. The van der Waals surface area contributed by atoms with Gasteiger partial charge in [-0.15, -0.1) is 0 Å². The Labute approximate surface area is 128 Å². The molecule has 0 aliphatic carbocycles. The first-order chi connectivity index (χ1) is 1.73. The Kier molecular flexibility index (Phi) is 137. The molecule has 0 aliphatic rings. The second-order valence-electron chi connectivity index (χ2n) is 0.250. The molecule has 0 aromatic rings. The van der Waals surface area contributed by atoms with E-state index in [1.165, 1.54) is 0 Å². The third kappa shape index (κ3) is 100. The third-order valence-electron chi connectivity index (χ3n) is 0. The van der Waals surface area contributed by atoms with E-state index >= 15 is 0 Å². The summed E-state index contributed by atoms with van der Waals surface area (Å²) < 4.78 is 8.52. The van der Waals surface area contributed by atoms with Crippen molar-refractivity contribution >= 4 is 32.2 Å². The van der Waals surface area contributed by atoms with E-state index in [1.807, 2.05) is 0 Å². The van der Waals surface area contributed by atoms with Crippen LogP contribution in [0.25, 0.3) is 0 Å². The van der Waals surface area contributed by atoms with Gasteiger partial charge in [0.2, 0.25) is 0 Å². The molecule has 3 nitrogen and oxygen atoms in total. The molecule has 0 heterocycles. The van der Waals surface area contributed by atoms with E-state index in [0.29, 0.717) is 0 Å². The second-order valence-corrected chi connectivity index (χ2v) is 0.750. The number of halogens is 2. The molecule has 0 saturated heterocycles. The van der Waals surface area contributed by atoms with E-state index in [9.17, 15) is 0 Å². The van der Waals surface area contributed by atoms with Gasteiger partial charge in [-0.1, -0.05) is 0 Å². The quantitative estimate of drug-likeness (QED) is 0.379. The van der Waals surface area contributed by atoms with Crippen LogP contribution >= 0.6 is 0 Å². The maximum atomic E-state index is 8.52. The van der Waals surface area contributed by atoms with Gasteiger partial charge in [0.05, 0.1) is 0 Å². The van der Waals surface area contributed by atoms with Gasteiger partial charge in [-0.3, -0.25) is 0 Å². The Hall–Kier alpha value is 2.96. The molecular weight excluding hydrogens is 217 g/mol. The average Bonchev–Trinajstić information content (AvgIpc) is 0.811. The molecule has 0 amide bonds. The van der Waals surface area contributed by atoms with Crippen LogP contribution in [-0.4, -0.2) is 32.2 Å². The fraction of sp³-hybridized carbons (Fsp3) is 0. The molecule has 9 heavy (non-hydrogen) atoms. The van der Waals surface area contributed by atoms with Gasteiger partial charge < -0.3 is 38.9 Å². The molecule has 0 bridgehead atoms. The predicted molar refractivity (Wildman–Crippen MR) is 12.2 cm³/mol. The van der Waals surface area contributed by atoms with Crippen LogP contribution < -0.4 is 93.5 Å². The molecule has 0 unspecified atom stereocenters. The molecule has 0 radical (unpaired) electrons. The number of hydrogen-bond donors (Lipinski definition) is 0. The zero-order chi connectivity index (χ0) is 3.58. The first-order valence-corrected chi connectivity index (χ1v) is 1.84. The fourth-order valence-electron chi connectivity index (χ4n) is 0. The predicted octanol–water partition coefficient (Wildman–Crippen LogP) is -15.2. The van der Waals surface area contributed by atoms with Gasteiger partial charge in [-0.25, -0.2) is 0 Å². The van der Waals surface area contributed by atoms with Crippen LogP contribution in [0.1, 0.15) is 0 Å². The van der Waals surface area contributed by atoms with Gasteiger partial charge in [0.1, 0.15) is 0 Å². The summed E-state index contributed by atoms with van der Waals surface area (Å²) in [6, 6.07) is 0. The molecule has 0 rings (SSSR count). The molecule has 0 fully saturated rings. The van der Waals surface area contributed by atoms with Gasteiger partial charge in [0, 0.05) is 9.17 Å². The average molecular weight is 217 g/mol. The van der Waals surface area contributed by atoms with Crippen molar-refractivity contribution in [3.8, 4) is 0 Å². The van der Waals surface area contributed by atoms with Crippen molar-refractivity contribution in [2.75, 3.05) is 0 Å². The third-order valence-corrected chi connectivity index (χ3v) is 0. The molecule has 40 valence electrons. The maximum absolute atomic E-state index is 8.52. The van der Waals surface area contributed by atoms with Crippen LogP contribution in [0.3, 0.4) is 0 Å². The van der Waals surface area contributed by atoms with Crippen molar-refractivity contribution in [1.82, 2.24) is 0 Å². The first kappa shape index (κ1) is 40.4. The summed E-state index contributed by atoms with van der Waals surface area (Å²) in [6.07, 6.45) is 0. The Bertz CT molecular complexity index is 42.8. The fourth-order valence-corrected chi connectivity index (χ4v) is 0. The van der Waals surface area contributed by atoms with Crippen LogP contribution in [0.5, 0.6) is 0 Å². The summed E-state index contributed by atoms with van der Waals surface area (Å²) in [4.78, 5) is 17.0. The Morgan fingerprint density at radius 3 is 1.00 bits per heavy atom. The van der Waals surface area contributed by atoms with Gasteiger partial charge in [0.15, 0.2) is 0 Å². The standard InChI is InChI=1S/2ClH.Mg.2Na.O3Si/c;;;;;1-4(2)3/h2*1H;;;;/q;;+2;2*+1;-2/p-2. The number of hydrogen-bond acceptors (Lipinski definition) is 3. The van der Waals surface area contributed by atoms with Crippen LogP contribution in [0.15, 0.2) is 0 Å². The largest absolute Gasteiger partial charge is 2.00 e. The summed E-state index contributed by atoms with van der Waals surface area (Å²) >= 11 is 0. The minimum Gasteiger partial charge on any atom is -1.00 e. The summed E-state index contributed by atoms with van der Waals surface area (Å²) in [6.45, 7) is 0. The zero-order valence-corrected chi connectivity index (χ0v) is 13.1. The van der Waals surface area contributed by atoms with Crippen LogP contribution in [0, 0.1) is 0 Å². The summed E-state index contributed by atoms with van der Waals surface area (Å²) in [5.41, 5.74) is 0. The maximum Gasteiger partial charge on any atom is 2.00 e. The molecule has 0 aromatic heterocycles. The summed E-state index contributed by atoms with van der Waals surface area (Å²) in [5.74, 6) is 0. The van der Waals surface area contributed by atoms with Gasteiger partial charge >= 0.3 is 82.2 Å². The Balaban J connectivity index is -0.00000000450. The van der Waals surface area contributed by atoms with Crippen molar-refractivity contribution in [2.24, 2.45) is 0 Å². The number of rotatable bonds is 0. The monoisotopic (exact) mass is 216 g/mol. The minimum absolute atomic E-state index is 0. The van der Waals surface area contributed by atoms with Crippen LogP contribution in [0.4, 0.5) is 0 Å². The zero-order valence-electron chi connectivity index (χ0n) is 5.19.